The largest absolute Gasteiger partial charge is 0.267 e. The van der Waals surface area contributed by atoms with Crippen LogP contribution >= 0.6 is 0 Å². The van der Waals surface area contributed by atoms with E-state index in [2.05, 4.69) is 4.18 Å². The lowest BCUT2D eigenvalue weighted by Gasteiger charge is -2.06. The van der Waals surface area contributed by atoms with E-state index in [1.54, 1.807) is 30.3 Å². The fraction of sp³-hybridized carbons (Fsp3) is 0.333. The van der Waals surface area contributed by atoms with Gasteiger partial charge in [0.15, 0.2) is 0 Å². The number of benzene rings is 1. The molecule has 1 aromatic rings. The van der Waals surface area contributed by atoms with Gasteiger partial charge in [0.25, 0.3) is 10.1 Å². The van der Waals surface area contributed by atoms with Gasteiger partial charge in [-0.15, -0.1) is 0 Å². The van der Waals surface area contributed by atoms with Gasteiger partial charge >= 0.3 is 0 Å². The van der Waals surface area contributed by atoms with E-state index in [0.29, 0.717) is 5.56 Å². The first-order valence-corrected chi connectivity index (χ1v) is 5.85. The van der Waals surface area contributed by atoms with Crippen molar-refractivity contribution >= 4 is 10.1 Å². The van der Waals surface area contributed by atoms with E-state index >= 15 is 0 Å². The molecule has 14 heavy (non-hydrogen) atoms. The molecule has 1 rings (SSSR count). The van der Waals surface area contributed by atoms with Crippen LogP contribution in [-0.4, -0.2) is 21.0 Å². The summed E-state index contributed by atoms with van der Waals surface area (Å²) < 4.78 is 38.3. The zero-order valence-electron chi connectivity index (χ0n) is 7.68. The molecule has 0 aliphatic rings. The van der Waals surface area contributed by atoms with Crippen molar-refractivity contribution in [3.8, 4) is 0 Å². The fourth-order valence-corrected chi connectivity index (χ4v) is 1.47. The van der Waals surface area contributed by atoms with Gasteiger partial charge in [-0.3, -0.25) is 0 Å². The van der Waals surface area contributed by atoms with E-state index in [0.717, 1.165) is 6.26 Å². The molecule has 0 fully saturated rings. The minimum Gasteiger partial charge on any atom is -0.233 e. The van der Waals surface area contributed by atoms with Crippen molar-refractivity contribution in [3.05, 3.63) is 35.9 Å². The summed E-state index contributed by atoms with van der Waals surface area (Å²) in [4.78, 5) is 0. The first kappa shape index (κ1) is 11.1. The number of hydrogen-bond donors (Lipinski definition) is 0. The van der Waals surface area contributed by atoms with Crippen LogP contribution in [0.25, 0.3) is 0 Å². The highest BCUT2D eigenvalue weighted by Crippen LogP contribution is 2.08. The highest BCUT2D eigenvalue weighted by molar-refractivity contribution is 7.86. The van der Waals surface area contributed by atoms with Crippen LogP contribution in [-0.2, 0) is 20.7 Å². The molecule has 3 nitrogen and oxygen atoms in total. The van der Waals surface area contributed by atoms with Gasteiger partial charge in [-0.05, 0) is 5.56 Å². The minimum absolute atomic E-state index is 0.0616. The van der Waals surface area contributed by atoms with Crippen LogP contribution < -0.4 is 0 Å². The van der Waals surface area contributed by atoms with Crippen molar-refractivity contribution in [1.82, 2.24) is 0 Å². The summed E-state index contributed by atoms with van der Waals surface area (Å²) in [6.07, 6.45) is -1.05. The quantitative estimate of drug-likeness (QED) is 0.719. The normalized spacial score (nSPS) is 13.9. The first-order chi connectivity index (χ1) is 6.47. The Balaban J connectivity index is 2.54. The van der Waals surface area contributed by atoms with Crippen molar-refractivity contribution in [2.75, 3.05) is 6.26 Å². The molecule has 0 bridgehead atoms. The molecule has 1 atom stereocenters. The molecule has 5 heteroatoms. The molecule has 78 valence electrons. The molecule has 0 amide bonds. The molecule has 1 aromatic carbocycles. The molecule has 0 heterocycles. The van der Waals surface area contributed by atoms with E-state index in [1.807, 2.05) is 0 Å². The predicted octanol–water partition coefficient (Wildman–Crippen LogP) is 1.50. The van der Waals surface area contributed by atoms with Gasteiger partial charge in [-0.2, -0.15) is 8.42 Å². The molecule has 0 N–H and O–H groups in total. The summed E-state index contributed by atoms with van der Waals surface area (Å²) in [6.45, 7) is 0. The Morgan fingerprint density at radius 3 is 2.43 bits per heavy atom. The summed E-state index contributed by atoms with van der Waals surface area (Å²) in [7, 11) is -3.72. The van der Waals surface area contributed by atoms with E-state index in [4.69, 9.17) is 0 Å². The monoisotopic (exact) mass is 218 g/mol. The lowest BCUT2D eigenvalue weighted by Crippen LogP contribution is -2.15. The van der Waals surface area contributed by atoms with Crippen molar-refractivity contribution in [2.24, 2.45) is 0 Å². The minimum atomic E-state index is -3.72. The Hall–Kier alpha value is -0.940. The zero-order chi connectivity index (χ0) is 10.6. The molecule has 0 aromatic heterocycles. The highest BCUT2D eigenvalue weighted by Gasteiger charge is 2.14. The molecule has 0 saturated carbocycles. The lowest BCUT2D eigenvalue weighted by molar-refractivity contribution is 0.0763. The third-order valence-electron chi connectivity index (χ3n) is 1.52. The highest BCUT2D eigenvalue weighted by atomic mass is 32.2. The Kier molecular flexibility index (Phi) is 3.60. The van der Waals surface area contributed by atoms with Crippen molar-refractivity contribution < 1.29 is 17.0 Å². The molecule has 0 aliphatic carbocycles. The number of hydrogen-bond acceptors (Lipinski definition) is 3. The van der Waals surface area contributed by atoms with Gasteiger partial charge in [0.2, 0.25) is 6.36 Å². The molecule has 0 radical (unpaired) electrons. The van der Waals surface area contributed by atoms with Crippen LogP contribution in [0, 0.1) is 0 Å². The SMILES string of the molecule is CS(=O)(=O)OC(F)Cc1ccccc1. The van der Waals surface area contributed by atoms with Crippen LogP contribution in [0.1, 0.15) is 5.56 Å². The van der Waals surface area contributed by atoms with Crippen molar-refractivity contribution in [2.45, 2.75) is 12.8 Å². The summed E-state index contributed by atoms with van der Waals surface area (Å²) in [5.41, 5.74) is 0.698. The van der Waals surface area contributed by atoms with E-state index in [9.17, 15) is 12.8 Å². The average Bonchev–Trinajstić information content (AvgIpc) is 2.02. The van der Waals surface area contributed by atoms with Gasteiger partial charge < -0.3 is 0 Å². The topological polar surface area (TPSA) is 43.4 Å². The van der Waals surface area contributed by atoms with Gasteiger partial charge in [0, 0.05) is 6.42 Å². The molecule has 0 aliphatic heterocycles. The summed E-state index contributed by atoms with van der Waals surface area (Å²) >= 11 is 0. The molecule has 1 unspecified atom stereocenters. The Bertz CT molecular complexity index is 374. The standard InChI is InChI=1S/C9H11FO3S/c1-14(11,12)13-9(10)7-8-5-3-2-4-6-8/h2-6,9H,7H2,1H3. The third kappa shape index (κ3) is 4.34. The first-order valence-electron chi connectivity index (χ1n) is 4.03. The van der Waals surface area contributed by atoms with Gasteiger partial charge in [0.1, 0.15) is 0 Å². The molecule has 0 spiro atoms. The smallest absolute Gasteiger partial charge is 0.233 e. The van der Waals surface area contributed by atoms with Gasteiger partial charge in [0.05, 0.1) is 6.26 Å². The maximum absolute atomic E-state index is 13.0. The lowest BCUT2D eigenvalue weighted by atomic mass is 10.2. The number of halogens is 1. The Labute approximate surface area is 82.6 Å². The maximum Gasteiger partial charge on any atom is 0.267 e. The van der Waals surface area contributed by atoms with Crippen LogP contribution in [0.4, 0.5) is 4.39 Å². The Morgan fingerprint density at radius 1 is 1.36 bits per heavy atom. The third-order valence-corrected chi connectivity index (χ3v) is 2.08. The van der Waals surface area contributed by atoms with E-state index < -0.39 is 16.5 Å². The Morgan fingerprint density at radius 2 is 1.93 bits per heavy atom. The van der Waals surface area contributed by atoms with Crippen LogP contribution in [0.15, 0.2) is 30.3 Å². The fourth-order valence-electron chi connectivity index (χ4n) is 1.02. The van der Waals surface area contributed by atoms with Gasteiger partial charge in [-0.25, -0.2) is 8.57 Å². The van der Waals surface area contributed by atoms with Crippen molar-refractivity contribution in [1.29, 1.82) is 0 Å². The predicted molar refractivity (Wildman–Crippen MR) is 51.0 cm³/mol. The second-order valence-corrected chi connectivity index (χ2v) is 4.50. The maximum atomic E-state index is 13.0. The molecular weight excluding hydrogens is 207 g/mol. The van der Waals surface area contributed by atoms with Crippen LogP contribution in [0.5, 0.6) is 0 Å². The van der Waals surface area contributed by atoms with Crippen LogP contribution in [0.2, 0.25) is 0 Å². The average molecular weight is 218 g/mol. The van der Waals surface area contributed by atoms with E-state index in [-0.39, 0.29) is 6.42 Å². The molecule has 0 saturated heterocycles. The molecular formula is C9H11FO3S. The van der Waals surface area contributed by atoms with Crippen LogP contribution in [0.3, 0.4) is 0 Å². The summed E-state index contributed by atoms with van der Waals surface area (Å²) in [6, 6.07) is 8.72. The second-order valence-electron chi connectivity index (χ2n) is 2.90. The number of rotatable bonds is 4. The summed E-state index contributed by atoms with van der Waals surface area (Å²) in [5.74, 6) is 0. The summed E-state index contributed by atoms with van der Waals surface area (Å²) in [5, 5.41) is 0. The van der Waals surface area contributed by atoms with Gasteiger partial charge in [-0.1, -0.05) is 30.3 Å². The van der Waals surface area contributed by atoms with E-state index in [1.165, 1.54) is 0 Å². The number of alkyl halides is 1. The second kappa shape index (κ2) is 4.52. The zero-order valence-corrected chi connectivity index (χ0v) is 8.50. The van der Waals surface area contributed by atoms with Crippen molar-refractivity contribution in [3.63, 3.8) is 0 Å².